The maximum Gasteiger partial charge on any atom is 0.303 e. The van der Waals surface area contributed by atoms with Crippen molar-refractivity contribution in [3.8, 4) is 0 Å². The number of ketones is 1. The highest BCUT2D eigenvalue weighted by molar-refractivity contribution is 5.96. The fraction of sp³-hybridized carbons (Fsp3) is 0.652. The van der Waals surface area contributed by atoms with Crippen LogP contribution >= 0.6 is 0 Å². The van der Waals surface area contributed by atoms with Crippen LogP contribution in [0.3, 0.4) is 0 Å². The van der Waals surface area contributed by atoms with E-state index in [0.717, 1.165) is 6.42 Å². The Bertz CT molecular complexity index is 505. The lowest BCUT2D eigenvalue weighted by molar-refractivity contribution is -0.137. The first-order valence-electron chi connectivity index (χ1n) is 10.5. The minimum absolute atomic E-state index is 0.0386. The molecule has 0 aromatic heterocycles. The largest absolute Gasteiger partial charge is 0.481 e. The van der Waals surface area contributed by atoms with E-state index < -0.39 is 5.97 Å². The van der Waals surface area contributed by atoms with Gasteiger partial charge in [-0.1, -0.05) is 89.0 Å². The van der Waals surface area contributed by atoms with E-state index in [1.165, 1.54) is 69.8 Å². The normalized spacial score (nSPS) is 10.8. The third-order valence-electron chi connectivity index (χ3n) is 4.89. The number of carboxylic acid groups (broad SMARTS) is 1. The second-order valence-corrected chi connectivity index (χ2v) is 7.30. The molecule has 1 N–H and O–H groups in total. The van der Waals surface area contributed by atoms with Gasteiger partial charge in [-0.2, -0.15) is 0 Å². The lowest BCUT2D eigenvalue weighted by Crippen LogP contribution is -2.02. The molecule has 0 atom stereocenters. The molecule has 146 valence electrons. The summed E-state index contributed by atoms with van der Waals surface area (Å²) in [5.74, 6) is -0.804. The van der Waals surface area contributed by atoms with Crippen molar-refractivity contribution >= 4 is 11.8 Å². The van der Waals surface area contributed by atoms with Gasteiger partial charge in [0, 0.05) is 18.4 Å². The molecule has 0 saturated carbocycles. The van der Waals surface area contributed by atoms with Crippen molar-refractivity contribution in [3.63, 3.8) is 0 Å². The summed E-state index contributed by atoms with van der Waals surface area (Å²) in [5, 5.41) is 8.62. The van der Waals surface area contributed by atoms with Gasteiger partial charge in [-0.15, -0.1) is 0 Å². The predicted molar refractivity (Wildman–Crippen MR) is 108 cm³/mol. The van der Waals surface area contributed by atoms with Gasteiger partial charge < -0.3 is 5.11 Å². The fourth-order valence-electron chi connectivity index (χ4n) is 3.22. The van der Waals surface area contributed by atoms with Gasteiger partial charge in [0.1, 0.15) is 0 Å². The molecule has 0 bridgehead atoms. The summed E-state index contributed by atoms with van der Waals surface area (Å²) < 4.78 is 0. The quantitative estimate of drug-likeness (QED) is 0.267. The second-order valence-electron chi connectivity index (χ2n) is 7.30. The van der Waals surface area contributed by atoms with Gasteiger partial charge in [0.05, 0.1) is 0 Å². The molecule has 0 aliphatic heterocycles. The first-order valence-corrected chi connectivity index (χ1v) is 10.5. The average Bonchev–Trinajstić information content (AvgIpc) is 2.63. The minimum atomic E-state index is -0.843. The number of hydrogen-bond donors (Lipinski definition) is 1. The molecule has 1 aromatic carbocycles. The van der Waals surface area contributed by atoms with E-state index in [4.69, 9.17) is 5.11 Å². The molecule has 0 unspecified atom stereocenters. The van der Waals surface area contributed by atoms with Crippen molar-refractivity contribution in [2.24, 2.45) is 0 Å². The molecular weight excluding hydrogens is 324 g/mol. The van der Waals surface area contributed by atoms with Gasteiger partial charge in [-0.3, -0.25) is 9.59 Å². The molecule has 3 nitrogen and oxygen atoms in total. The lowest BCUT2D eigenvalue weighted by Gasteiger charge is -2.05. The van der Waals surface area contributed by atoms with Gasteiger partial charge in [-0.25, -0.2) is 0 Å². The first kappa shape index (κ1) is 22.4. The molecule has 0 aliphatic carbocycles. The lowest BCUT2D eigenvalue weighted by atomic mass is 10.0. The smallest absolute Gasteiger partial charge is 0.303 e. The zero-order valence-electron chi connectivity index (χ0n) is 16.5. The zero-order valence-corrected chi connectivity index (χ0v) is 16.5. The highest BCUT2D eigenvalue weighted by Crippen LogP contribution is 2.14. The standard InChI is InChI=1S/C23H36O3/c1-2-3-4-5-6-7-8-9-10-11-13-20-16-18-21(19-17-20)22(24)14-12-15-23(25)26/h16-19H,2-15H2,1H3,(H,25,26). The Morgan fingerprint density at radius 1 is 0.731 bits per heavy atom. The van der Waals surface area contributed by atoms with Crippen LogP contribution in [0.15, 0.2) is 24.3 Å². The SMILES string of the molecule is CCCCCCCCCCCCc1ccc(C(=O)CCCC(=O)O)cc1. The summed E-state index contributed by atoms with van der Waals surface area (Å²) >= 11 is 0. The summed E-state index contributed by atoms with van der Waals surface area (Å²) in [5.41, 5.74) is 1.98. The number of carbonyl (C=O) groups is 2. The first-order chi connectivity index (χ1) is 12.6. The Hall–Kier alpha value is -1.64. The van der Waals surface area contributed by atoms with E-state index in [0.29, 0.717) is 18.4 Å². The van der Waals surface area contributed by atoms with E-state index in [9.17, 15) is 9.59 Å². The molecule has 1 rings (SSSR count). The van der Waals surface area contributed by atoms with E-state index in [2.05, 4.69) is 6.92 Å². The Labute approximate surface area is 159 Å². The van der Waals surface area contributed by atoms with Gasteiger partial charge in [0.2, 0.25) is 0 Å². The Kier molecular flexibility index (Phi) is 12.5. The van der Waals surface area contributed by atoms with Crippen LogP contribution in [-0.4, -0.2) is 16.9 Å². The Balaban J connectivity index is 2.09. The topological polar surface area (TPSA) is 54.4 Å². The molecule has 0 saturated heterocycles. The Morgan fingerprint density at radius 3 is 1.81 bits per heavy atom. The molecule has 0 amide bonds. The fourth-order valence-corrected chi connectivity index (χ4v) is 3.22. The predicted octanol–water partition coefficient (Wildman–Crippen LogP) is 6.59. The van der Waals surface area contributed by atoms with Crippen molar-refractivity contribution in [2.75, 3.05) is 0 Å². The molecule has 0 aliphatic rings. The molecule has 0 heterocycles. The second kappa shape index (κ2) is 14.5. The number of carbonyl (C=O) groups excluding carboxylic acids is 1. The zero-order chi connectivity index (χ0) is 19.0. The summed E-state index contributed by atoms with van der Waals surface area (Å²) in [6.07, 6.45) is 15.3. The van der Waals surface area contributed by atoms with E-state index in [-0.39, 0.29) is 12.2 Å². The van der Waals surface area contributed by atoms with Crippen LogP contribution in [0.2, 0.25) is 0 Å². The van der Waals surface area contributed by atoms with E-state index in [1.807, 2.05) is 24.3 Å². The van der Waals surface area contributed by atoms with Crippen LogP contribution in [-0.2, 0) is 11.2 Å². The number of Topliss-reactive ketones (excluding diaryl/α,β-unsaturated/α-hetero) is 1. The maximum absolute atomic E-state index is 12.0. The highest BCUT2D eigenvalue weighted by atomic mass is 16.4. The van der Waals surface area contributed by atoms with Crippen molar-refractivity contribution in [1.82, 2.24) is 0 Å². The third kappa shape index (κ3) is 11.1. The summed E-state index contributed by atoms with van der Waals surface area (Å²) in [7, 11) is 0. The number of benzene rings is 1. The van der Waals surface area contributed by atoms with E-state index in [1.54, 1.807) is 0 Å². The molecule has 26 heavy (non-hydrogen) atoms. The maximum atomic E-state index is 12.0. The van der Waals surface area contributed by atoms with Crippen molar-refractivity contribution in [3.05, 3.63) is 35.4 Å². The van der Waals surface area contributed by atoms with Crippen LogP contribution in [0, 0.1) is 0 Å². The summed E-state index contributed by atoms with van der Waals surface area (Å²) in [6, 6.07) is 7.85. The monoisotopic (exact) mass is 360 g/mol. The van der Waals surface area contributed by atoms with Gasteiger partial charge in [0.25, 0.3) is 0 Å². The van der Waals surface area contributed by atoms with Crippen LogP contribution in [0.1, 0.15) is 106 Å². The number of aryl methyl sites for hydroxylation is 1. The molecule has 0 fully saturated rings. The molecule has 0 radical (unpaired) electrons. The molecule has 1 aromatic rings. The summed E-state index contributed by atoms with van der Waals surface area (Å²) in [4.78, 5) is 22.5. The van der Waals surface area contributed by atoms with E-state index >= 15 is 0 Å². The van der Waals surface area contributed by atoms with Crippen LogP contribution in [0.5, 0.6) is 0 Å². The van der Waals surface area contributed by atoms with Crippen LogP contribution in [0.25, 0.3) is 0 Å². The number of carboxylic acids is 1. The number of aliphatic carboxylic acids is 1. The summed E-state index contributed by atoms with van der Waals surface area (Å²) in [6.45, 7) is 2.26. The van der Waals surface area contributed by atoms with Crippen molar-refractivity contribution in [1.29, 1.82) is 0 Å². The van der Waals surface area contributed by atoms with Crippen LogP contribution in [0.4, 0.5) is 0 Å². The molecule has 3 heteroatoms. The number of rotatable bonds is 16. The number of hydrogen-bond acceptors (Lipinski definition) is 2. The molecular formula is C23H36O3. The molecule has 0 spiro atoms. The average molecular weight is 361 g/mol. The highest BCUT2D eigenvalue weighted by Gasteiger charge is 2.07. The number of unbranched alkanes of at least 4 members (excludes halogenated alkanes) is 9. The van der Waals surface area contributed by atoms with Gasteiger partial charge in [-0.05, 0) is 24.8 Å². The third-order valence-corrected chi connectivity index (χ3v) is 4.89. The van der Waals surface area contributed by atoms with Gasteiger partial charge in [0.15, 0.2) is 5.78 Å². The minimum Gasteiger partial charge on any atom is -0.481 e. The van der Waals surface area contributed by atoms with Gasteiger partial charge >= 0.3 is 5.97 Å². The Morgan fingerprint density at radius 2 is 1.27 bits per heavy atom. The van der Waals surface area contributed by atoms with Crippen molar-refractivity contribution in [2.45, 2.75) is 96.8 Å². The van der Waals surface area contributed by atoms with Crippen molar-refractivity contribution < 1.29 is 14.7 Å². The van der Waals surface area contributed by atoms with Crippen LogP contribution < -0.4 is 0 Å².